The summed E-state index contributed by atoms with van der Waals surface area (Å²) in [4.78, 5) is 29.0. The molecule has 0 bridgehead atoms. The summed E-state index contributed by atoms with van der Waals surface area (Å²) in [5, 5.41) is 6.14. The van der Waals surface area contributed by atoms with Crippen LogP contribution in [-0.2, 0) is 9.53 Å². The van der Waals surface area contributed by atoms with E-state index in [1.807, 2.05) is 0 Å². The van der Waals surface area contributed by atoms with Crippen LogP contribution in [0.25, 0.3) is 0 Å². The highest BCUT2D eigenvalue weighted by atomic mass is 16.5. The van der Waals surface area contributed by atoms with Gasteiger partial charge in [0.15, 0.2) is 0 Å². The van der Waals surface area contributed by atoms with E-state index in [2.05, 4.69) is 15.2 Å². The number of H-pyrrole nitrogens is 1. The highest BCUT2D eigenvalue weighted by Gasteiger charge is 2.34. The predicted molar refractivity (Wildman–Crippen MR) is 57.1 cm³/mol. The van der Waals surface area contributed by atoms with E-state index in [1.165, 1.54) is 18.3 Å². The Hall–Kier alpha value is -1.92. The maximum Gasteiger partial charge on any atom is 0.328 e. The zero-order valence-corrected chi connectivity index (χ0v) is 9.55. The standard InChI is InChI=1S/C10H14N4O3/c1-17-10(16)7-4-2-3-5-14(7)9(15)8-11-6-12-13-8/h6-7H,2-5H2,1H3,(H,11,12,13). The summed E-state index contributed by atoms with van der Waals surface area (Å²) < 4.78 is 4.71. The zero-order valence-electron chi connectivity index (χ0n) is 9.55. The third kappa shape index (κ3) is 2.27. The van der Waals surface area contributed by atoms with E-state index >= 15 is 0 Å². The first kappa shape index (κ1) is 11.6. The lowest BCUT2D eigenvalue weighted by Gasteiger charge is -2.32. The number of aromatic nitrogens is 3. The van der Waals surface area contributed by atoms with Crippen LogP contribution in [0.5, 0.6) is 0 Å². The first-order valence-electron chi connectivity index (χ1n) is 5.48. The van der Waals surface area contributed by atoms with E-state index in [1.54, 1.807) is 0 Å². The molecule has 1 amide bonds. The first-order valence-corrected chi connectivity index (χ1v) is 5.48. The average molecular weight is 238 g/mol. The van der Waals surface area contributed by atoms with Gasteiger partial charge in [-0.2, -0.15) is 5.10 Å². The number of methoxy groups -OCH3 is 1. The first-order chi connectivity index (χ1) is 8.24. The number of esters is 1. The molecule has 2 rings (SSSR count). The Morgan fingerprint density at radius 3 is 3.00 bits per heavy atom. The lowest BCUT2D eigenvalue weighted by atomic mass is 10.0. The summed E-state index contributed by atoms with van der Waals surface area (Å²) in [6, 6.07) is -0.508. The molecule has 1 aliphatic heterocycles. The Kier molecular flexibility index (Phi) is 3.36. The minimum Gasteiger partial charge on any atom is -0.467 e. The third-order valence-corrected chi connectivity index (χ3v) is 2.85. The van der Waals surface area contributed by atoms with Gasteiger partial charge in [0, 0.05) is 6.54 Å². The van der Waals surface area contributed by atoms with Crippen molar-refractivity contribution in [2.45, 2.75) is 25.3 Å². The zero-order chi connectivity index (χ0) is 12.3. The van der Waals surface area contributed by atoms with E-state index in [-0.39, 0.29) is 17.7 Å². The molecule has 0 saturated carbocycles. The van der Waals surface area contributed by atoms with E-state index in [0.717, 1.165) is 12.8 Å². The Labute approximate surface area is 98.2 Å². The van der Waals surface area contributed by atoms with Crippen LogP contribution in [0.15, 0.2) is 6.33 Å². The van der Waals surface area contributed by atoms with Crippen molar-refractivity contribution in [2.75, 3.05) is 13.7 Å². The molecule has 1 fully saturated rings. The van der Waals surface area contributed by atoms with Gasteiger partial charge in [0.1, 0.15) is 12.4 Å². The smallest absolute Gasteiger partial charge is 0.328 e. The van der Waals surface area contributed by atoms with E-state index in [4.69, 9.17) is 4.74 Å². The van der Waals surface area contributed by atoms with E-state index in [0.29, 0.717) is 13.0 Å². The topological polar surface area (TPSA) is 88.2 Å². The molecule has 1 N–H and O–H groups in total. The van der Waals surface area contributed by atoms with Gasteiger partial charge in [-0.15, -0.1) is 0 Å². The van der Waals surface area contributed by atoms with Crippen molar-refractivity contribution in [2.24, 2.45) is 0 Å². The molecule has 2 heterocycles. The largest absolute Gasteiger partial charge is 0.467 e. The van der Waals surface area contributed by atoms with Crippen LogP contribution in [0.4, 0.5) is 0 Å². The van der Waals surface area contributed by atoms with Gasteiger partial charge in [-0.1, -0.05) is 0 Å². The lowest BCUT2D eigenvalue weighted by Crippen LogP contribution is -2.48. The van der Waals surface area contributed by atoms with Gasteiger partial charge >= 0.3 is 5.97 Å². The summed E-state index contributed by atoms with van der Waals surface area (Å²) in [6.07, 6.45) is 3.70. The van der Waals surface area contributed by atoms with Gasteiger partial charge in [-0.25, -0.2) is 9.78 Å². The number of ether oxygens (including phenoxy) is 1. The molecule has 1 aromatic heterocycles. The molecule has 7 nitrogen and oxygen atoms in total. The molecule has 0 spiro atoms. The van der Waals surface area contributed by atoms with Crippen molar-refractivity contribution in [3.05, 3.63) is 12.2 Å². The molecule has 1 aromatic rings. The molecule has 1 saturated heterocycles. The van der Waals surface area contributed by atoms with Crippen LogP contribution >= 0.6 is 0 Å². The minimum atomic E-state index is -0.508. The molecule has 0 aromatic carbocycles. The summed E-state index contributed by atoms with van der Waals surface area (Å²) in [6.45, 7) is 0.541. The Bertz CT molecular complexity index is 404. The summed E-state index contributed by atoms with van der Waals surface area (Å²) in [5.41, 5.74) is 0. The number of rotatable bonds is 2. The van der Waals surface area contributed by atoms with Crippen molar-refractivity contribution >= 4 is 11.9 Å². The Morgan fingerprint density at radius 1 is 1.53 bits per heavy atom. The van der Waals surface area contributed by atoms with Gasteiger partial charge in [0.25, 0.3) is 5.91 Å². The Morgan fingerprint density at radius 2 is 2.35 bits per heavy atom. The molecule has 92 valence electrons. The molecular weight excluding hydrogens is 224 g/mol. The number of hydrogen-bond acceptors (Lipinski definition) is 5. The summed E-state index contributed by atoms with van der Waals surface area (Å²) in [5.74, 6) is -0.532. The van der Waals surface area contributed by atoms with Gasteiger partial charge < -0.3 is 9.64 Å². The van der Waals surface area contributed by atoms with Gasteiger partial charge in [-0.3, -0.25) is 9.89 Å². The maximum absolute atomic E-state index is 12.1. The van der Waals surface area contributed by atoms with Gasteiger partial charge in [0.2, 0.25) is 5.82 Å². The van der Waals surface area contributed by atoms with Crippen LogP contribution in [0.3, 0.4) is 0 Å². The fourth-order valence-corrected chi connectivity index (χ4v) is 2.00. The van der Waals surface area contributed by atoms with Gasteiger partial charge in [-0.05, 0) is 19.3 Å². The number of piperidine rings is 1. The molecule has 0 radical (unpaired) electrons. The lowest BCUT2D eigenvalue weighted by molar-refractivity contribution is -0.147. The quantitative estimate of drug-likeness (QED) is 0.731. The van der Waals surface area contributed by atoms with Crippen LogP contribution in [0, 0.1) is 0 Å². The molecule has 0 aliphatic carbocycles. The summed E-state index contributed by atoms with van der Waals surface area (Å²) in [7, 11) is 1.33. The predicted octanol–water partition coefficient (Wildman–Crippen LogP) is -0.0276. The highest BCUT2D eigenvalue weighted by Crippen LogP contribution is 2.19. The average Bonchev–Trinajstić information content (AvgIpc) is 2.91. The van der Waals surface area contributed by atoms with Crippen LogP contribution in [0.1, 0.15) is 29.9 Å². The molecule has 1 aliphatic rings. The third-order valence-electron chi connectivity index (χ3n) is 2.85. The fraction of sp³-hybridized carbons (Fsp3) is 0.600. The Balaban J connectivity index is 2.16. The molecule has 1 unspecified atom stereocenters. The fourth-order valence-electron chi connectivity index (χ4n) is 2.00. The normalized spacial score (nSPS) is 20.1. The molecule has 17 heavy (non-hydrogen) atoms. The van der Waals surface area contributed by atoms with Crippen molar-refractivity contribution in [1.82, 2.24) is 20.1 Å². The number of aromatic amines is 1. The van der Waals surface area contributed by atoms with Crippen molar-refractivity contribution < 1.29 is 14.3 Å². The number of carbonyl (C=O) groups excluding carboxylic acids is 2. The number of nitrogens with one attached hydrogen (secondary N) is 1. The summed E-state index contributed by atoms with van der Waals surface area (Å²) >= 11 is 0. The molecular formula is C10H14N4O3. The van der Waals surface area contributed by atoms with Crippen molar-refractivity contribution in [3.63, 3.8) is 0 Å². The monoisotopic (exact) mass is 238 g/mol. The van der Waals surface area contributed by atoms with Crippen molar-refractivity contribution in [3.8, 4) is 0 Å². The second-order valence-electron chi connectivity index (χ2n) is 3.87. The van der Waals surface area contributed by atoms with Crippen molar-refractivity contribution in [1.29, 1.82) is 0 Å². The number of carbonyl (C=O) groups is 2. The number of hydrogen-bond donors (Lipinski definition) is 1. The second kappa shape index (κ2) is 4.94. The maximum atomic E-state index is 12.1. The van der Waals surface area contributed by atoms with Crippen LogP contribution < -0.4 is 0 Å². The molecule has 7 heteroatoms. The number of nitrogens with zero attached hydrogens (tertiary/aromatic N) is 3. The number of likely N-dealkylation sites (tertiary alicyclic amines) is 1. The SMILES string of the molecule is COC(=O)C1CCCCN1C(=O)c1ncn[nH]1. The van der Waals surface area contributed by atoms with Crippen LogP contribution in [0.2, 0.25) is 0 Å². The minimum absolute atomic E-state index is 0.154. The van der Waals surface area contributed by atoms with E-state index < -0.39 is 6.04 Å². The van der Waals surface area contributed by atoms with E-state index in [9.17, 15) is 9.59 Å². The highest BCUT2D eigenvalue weighted by molar-refractivity contribution is 5.93. The van der Waals surface area contributed by atoms with Crippen LogP contribution in [-0.4, -0.2) is 51.7 Å². The number of amides is 1. The molecule has 1 atom stereocenters. The second-order valence-corrected chi connectivity index (χ2v) is 3.87. The van der Waals surface area contributed by atoms with Gasteiger partial charge in [0.05, 0.1) is 7.11 Å².